The molecule has 2 aromatic rings. The number of nitrogens with zero attached hydrogens (tertiary/aromatic N) is 4. The van der Waals surface area contributed by atoms with E-state index in [2.05, 4.69) is 55.1 Å². The molecule has 154 valence electrons. The van der Waals surface area contributed by atoms with Crippen LogP contribution in [0.5, 0.6) is 0 Å². The molecule has 30 heavy (non-hydrogen) atoms. The molecule has 0 saturated heterocycles. The van der Waals surface area contributed by atoms with E-state index in [4.69, 9.17) is 0 Å². The lowest BCUT2D eigenvalue weighted by atomic mass is 10.1. The van der Waals surface area contributed by atoms with Gasteiger partial charge in [0.25, 0.3) is 0 Å². The summed E-state index contributed by atoms with van der Waals surface area (Å²) in [4.78, 5) is 32.7. The fourth-order valence-electron chi connectivity index (χ4n) is 2.50. The quantitative estimate of drug-likeness (QED) is 0.250. The largest absolute Gasteiger partial charge is 0.318 e. The molecule has 0 bridgehead atoms. The van der Waals surface area contributed by atoms with Gasteiger partial charge in [-0.1, -0.05) is 24.3 Å². The number of hydrogen-bond donors (Lipinski definition) is 4. The number of hydrogen-bond acceptors (Lipinski definition) is 6. The Bertz CT molecular complexity index is 932. The van der Waals surface area contributed by atoms with Crippen LogP contribution in [0, 0.1) is 0 Å². The Morgan fingerprint density at radius 1 is 0.733 bits per heavy atom. The number of aliphatic imine (C=N–C) groups is 2. The average molecular weight is 406 g/mol. The van der Waals surface area contributed by atoms with Crippen molar-refractivity contribution in [1.29, 1.82) is 0 Å². The van der Waals surface area contributed by atoms with Crippen molar-refractivity contribution in [3.8, 4) is 0 Å². The van der Waals surface area contributed by atoms with Crippen molar-refractivity contribution >= 4 is 48.3 Å². The van der Waals surface area contributed by atoms with E-state index in [0.29, 0.717) is 34.2 Å². The highest BCUT2D eigenvalue weighted by Gasteiger charge is 2.15. The molecule has 2 rings (SSSR count). The van der Waals surface area contributed by atoms with E-state index >= 15 is 0 Å². The van der Waals surface area contributed by atoms with E-state index < -0.39 is 11.8 Å². The minimum absolute atomic E-state index is 0.426. The number of carbonyl (C=O) groups is 2. The third kappa shape index (κ3) is 5.83. The van der Waals surface area contributed by atoms with Crippen LogP contribution in [0.1, 0.15) is 11.1 Å². The Morgan fingerprint density at radius 3 is 1.47 bits per heavy atom. The van der Waals surface area contributed by atoms with Crippen LogP contribution in [-0.4, -0.2) is 51.0 Å². The van der Waals surface area contributed by atoms with Crippen molar-refractivity contribution in [2.75, 3.05) is 24.7 Å². The Balaban J connectivity index is 2.10. The lowest BCUT2D eigenvalue weighted by Crippen LogP contribution is -2.29. The van der Waals surface area contributed by atoms with Gasteiger partial charge in [-0.05, 0) is 24.3 Å². The zero-order valence-corrected chi connectivity index (χ0v) is 16.6. The fourth-order valence-corrected chi connectivity index (χ4v) is 2.50. The van der Waals surface area contributed by atoms with Crippen LogP contribution < -0.4 is 21.5 Å². The summed E-state index contributed by atoms with van der Waals surface area (Å²) in [5, 5.41) is 12.3. The molecule has 2 aromatic carbocycles. The first-order valence-electron chi connectivity index (χ1n) is 8.72. The number of anilines is 2. The van der Waals surface area contributed by atoms with E-state index in [1.54, 1.807) is 62.6 Å². The van der Waals surface area contributed by atoms with Crippen LogP contribution in [0.15, 0.2) is 68.7 Å². The molecule has 0 heterocycles. The van der Waals surface area contributed by atoms with Crippen LogP contribution in [-0.2, 0) is 9.59 Å². The molecule has 0 aliphatic heterocycles. The Morgan fingerprint density at radius 2 is 1.13 bits per heavy atom. The predicted octanol–water partition coefficient (Wildman–Crippen LogP) is 1.43. The zero-order chi connectivity index (χ0) is 21.9. The summed E-state index contributed by atoms with van der Waals surface area (Å²) in [5.74, 6) is -0.702. The van der Waals surface area contributed by atoms with Gasteiger partial charge in [-0.2, -0.15) is 10.2 Å². The van der Waals surface area contributed by atoms with Gasteiger partial charge in [0.15, 0.2) is 0 Å². The second kappa shape index (κ2) is 10.9. The number of hydrazone groups is 2. The monoisotopic (exact) mass is 406 g/mol. The maximum Gasteiger partial charge on any atom is 0.314 e. The summed E-state index contributed by atoms with van der Waals surface area (Å²) in [6, 6.07) is 13.6. The molecule has 0 radical (unpaired) electrons. The van der Waals surface area contributed by atoms with Gasteiger partial charge in [0, 0.05) is 50.0 Å². The maximum absolute atomic E-state index is 12.3. The Hall–Kier alpha value is -4.34. The van der Waals surface area contributed by atoms with Crippen LogP contribution in [0.2, 0.25) is 0 Å². The van der Waals surface area contributed by atoms with E-state index in [1.165, 1.54) is 0 Å². The SMILES string of the molecule is C=NNC(=NC)c1cccc(NC(=O)C(=O)Nc2cccc(C(=NC)NN=C)c2)c1. The molecule has 0 saturated carbocycles. The van der Waals surface area contributed by atoms with E-state index in [0.717, 1.165) is 0 Å². The van der Waals surface area contributed by atoms with Gasteiger partial charge in [0.1, 0.15) is 11.7 Å². The minimum Gasteiger partial charge on any atom is -0.318 e. The Kier molecular flexibility index (Phi) is 7.94. The van der Waals surface area contributed by atoms with Crippen molar-refractivity contribution < 1.29 is 9.59 Å². The average Bonchev–Trinajstić information content (AvgIpc) is 2.76. The van der Waals surface area contributed by atoms with Gasteiger partial charge in [0.05, 0.1) is 0 Å². The zero-order valence-electron chi connectivity index (χ0n) is 16.6. The van der Waals surface area contributed by atoms with Crippen molar-refractivity contribution in [2.24, 2.45) is 20.2 Å². The molecule has 2 amide bonds. The number of amidine groups is 2. The number of carbonyl (C=O) groups excluding carboxylic acids is 2. The fraction of sp³-hybridized carbons (Fsp3) is 0.100. The smallest absolute Gasteiger partial charge is 0.314 e. The highest BCUT2D eigenvalue weighted by Crippen LogP contribution is 2.13. The van der Waals surface area contributed by atoms with Crippen LogP contribution in [0.25, 0.3) is 0 Å². The molecule has 10 heteroatoms. The van der Waals surface area contributed by atoms with Gasteiger partial charge in [-0.3, -0.25) is 30.4 Å². The number of amides is 2. The van der Waals surface area contributed by atoms with Crippen LogP contribution >= 0.6 is 0 Å². The lowest BCUT2D eigenvalue weighted by Gasteiger charge is -2.10. The summed E-state index contributed by atoms with van der Waals surface area (Å²) in [7, 11) is 3.19. The highest BCUT2D eigenvalue weighted by molar-refractivity contribution is 6.43. The van der Waals surface area contributed by atoms with Gasteiger partial charge in [-0.25, -0.2) is 0 Å². The second-order valence-electron chi connectivity index (χ2n) is 5.75. The molecule has 0 fully saturated rings. The van der Waals surface area contributed by atoms with Gasteiger partial charge < -0.3 is 10.6 Å². The molecule has 0 atom stereocenters. The van der Waals surface area contributed by atoms with Crippen molar-refractivity contribution in [1.82, 2.24) is 10.9 Å². The Labute approximate surface area is 173 Å². The molecule has 4 N–H and O–H groups in total. The molecule has 10 nitrogen and oxygen atoms in total. The molecule has 0 aliphatic rings. The van der Waals surface area contributed by atoms with Gasteiger partial charge in [-0.15, -0.1) is 0 Å². The summed E-state index contributed by atoms with van der Waals surface area (Å²) < 4.78 is 0. The van der Waals surface area contributed by atoms with Crippen LogP contribution in [0.4, 0.5) is 11.4 Å². The van der Waals surface area contributed by atoms with Crippen LogP contribution in [0.3, 0.4) is 0 Å². The number of benzene rings is 2. The normalized spacial score (nSPS) is 11.3. The molecule has 0 spiro atoms. The third-order valence-electron chi connectivity index (χ3n) is 3.81. The highest BCUT2D eigenvalue weighted by atomic mass is 16.2. The van der Waals surface area contributed by atoms with Crippen molar-refractivity contribution in [2.45, 2.75) is 0 Å². The molecule has 0 unspecified atom stereocenters. The number of rotatable bonds is 6. The van der Waals surface area contributed by atoms with Gasteiger partial charge >= 0.3 is 11.8 Å². The van der Waals surface area contributed by atoms with E-state index in [1.807, 2.05) is 0 Å². The topological polar surface area (TPSA) is 132 Å². The lowest BCUT2D eigenvalue weighted by molar-refractivity contribution is -0.132. The summed E-state index contributed by atoms with van der Waals surface area (Å²) >= 11 is 0. The molecular weight excluding hydrogens is 384 g/mol. The summed E-state index contributed by atoms with van der Waals surface area (Å²) in [6.07, 6.45) is 0. The number of nitrogens with one attached hydrogen (secondary N) is 4. The van der Waals surface area contributed by atoms with Gasteiger partial charge in [0.2, 0.25) is 0 Å². The predicted molar refractivity (Wildman–Crippen MR) is 120 cm³/mol. The van der Waals surface area contributed by atoms with E-state index in [9.17, 15) is 9.59 Å². The van der Waals surface area contributed by atoms with Crippen molar-refractivity contribution in [3.05, 3.63) is 59.7 Å². The van der Waals surface area contributed by atoms with E-state index in [-0.39, 0.29) is 0 Å². The summed E-state index contributed by atoms with van der Waals surface area (Å²) in [6.45, 7) is 6.71. The first kappa shape index (κ1) is 22.0. The first-order chi connectivity index (χ1) is 14.5. The maximum atomic E-state index is 12.3. The summed E-state index contributed by atoms with van der Waals surface area (Å²) in [5.41, 5.74) is 7.51. The molecule has 0 aliphatic carbocycles. The third-order valence-corrected chi connectivity index (χ3v) is 3.81. The molecule has 0 aromatic heterocycles. The second-order valence-corrected chi connectivity index (χ2v) is 5.75. The standard InChI is InChI=1S/C20H22N8O2/c1-21-17(27-23-3)13-7-5-9-15(11-13)25-19(29)20(30)26-16-10-6-8-14(12-16)18(22-2)28-24-4/h5-12H,3-4H2,1-2H3,(H,21,27)(H,22,28)(H,25,29)(H,26,30). The molecular formula is C20H22N8O2. The first-order valence-corrected chi connectivity index (χ1v) is 8.72. The minimum atomic E-state index is -0.822. The van der Waals surface area contributed by atoms with Crippen molar-refractivity contribution in [3.63, 3.8) is 0 Å².